The highest BCUT2D eigenvalue weighted by atomic mass is 19.1. The molecule has 0 saturated carbocycles. The second kappa shape index (κ2) is 7.43. The molecule has 3 heterocycles. The summed E-state index contributed by atoms with van der Waals surface area (Å²) >= 11 is 0. The molecule has 6 nitrogen and oxygen atoms in total. The number of phenolic OH excluding ortho intramolecular Hbond substituents is 1. The third-order valence-electron chi connectivity index (χ3n) is 6.27. The number of likely N-dealkylation sites (tertiary alicyclic amines) is 2. The quantitative estimate of drug-likeness (QED) is 0.815. The van der Waals surface area contributed by atoms with Gasteiger partial charge in [-0.15, -0.1) is 0 Å². The maximum Gasteiger partial charge on any atom is 0.410 e. The summed E-state index contributed by atoms with van der Waals surface area (Å²) < 4.78 is 25.1. The van der Waals surface area contributed by atoms with Gasteiger partial charge in [-0.1, -0.05) is 0 Å². The molecule has 1 unspecified atom stereocenters. The van der Waals surface area contributed by atoms with E-state index in [1.165, 1.54) is 18.2 Å². The fourth-order valence-corrected chi connectivity index (χ4v) is 4.81. The number of phenols is 1. The lowest BCUT2D eigenvalue weighted by atomic mass is 9.86. The van der Waals surface area contributed by atoms with Crippen LogP contribution in [0.3, 0.4) is 0 Å². The molecule has 0 aliphatic carbocycles. The first kappa shape index (κ1) is 20.4. The number of piperidine rings is 1. The van der Waals surface area contributed by atoms with Crippen molar-refractivity contribution in [2.75, 3.05) is 32.8 Å². The van der Waals surface area contributed by atoms with Crippen molar-refractivity contribution < 1.29 is 23.8 Å². The number of carbonyl (C=O) groups excluding carboxylic acids is 1. The van der Waals surface area contributed by atoms with Gasteiger partial charge in [0.05, 0.1) is 19.7 Å². The van der Waals surface area contributed by atoms with E-state index in [1.54, 1.807) is 4.90 Å². The number of hydrogen-bond acceptors (Lipinski definition) is 5. The van der Waals surface area contributed by atoms with Crippen molar-refractivity contribution in [3.8, 4) is 5.75 Å². The Morgan fingerprint density at radius 2 is 1.97 bits per heavy atom. The molecule has 4 rings (SSSR count). The summed E-state index contributed by atoms with van der Waals surface area (Å²) in [6.45, 7) is 9.28. The van der Waals surface area contributed by atoms with E-state index in [9.17, 15) is 14.3 Å². The van der Waals surface area contributed by atoms with Gasteiger partial charge in [-0.3, -0.25) is 4.90 Å². The lowest BCUT2D eigenvalue weighted by Crippen LogP contribution is -2.64. The zero-order chi connectivity index (χ0) is 20.8. The van der Waals surface area contributed by atoms with Crippen molar-refractivity contribution in [3.63, 3.8) is 0 Å². The summed E-state index contributed by atoms with van der Waals surface area (Å²) in [5.74, 6) is 0.0696. The minimum Gasteiger partial charge on any atom is -0.508 e. The number of amides is 1. The van der Waals surface area contributed by atoms with Crippen LogP contribution in [-0.4, -0.2) is 71.0 Å². The highest BCUT2D eigenvalue weighted by Gasteiger charge is 2.53. The zero-order valence-corrected chi connectivity index (χ0v) is 17.5. The standard InChI is InChI=1S/C22H31FN2O4/c1-21(2,3)29-20(27)25-13-22(14-25)11-17(12-28-22)24-8-6-15(7-9-24)18-10-16(23)4-5-19(18)26/h4-5,10,15,17,26H,6-9,11-14H2,1-3H3. The molecule has 1 aromatic rings. The normalized spacial score (nSPS) is 25.2. The Labute approximate surface area is 171 Å². The van der Waals surface area contributed by atoms with Crippen molar-refractivity contribution in [1.29, 1.82) is 0 Å². The van der Waals surface area contributed by atoms with E-state index in [4.69, 9.17) is 9.47 Å². The number of ether oxygens (including phenoxy) is 2. The largest absolute Gasteiger partial charge is 0.508 e. The molecule has 1 N–H and O–H groups in total. The fraction of sp³-hybridized carbons (Fsp3) is 0.682. The second-order valence-electron chi connectivity index (χ2n) is 9.70. The first-order valence-electron chi connectivity index (χ1n) is 10.5. The van der Waals surface area contributed by atoms with Crippen LogP contribution in [0.2, 0.25) is 0 Å². The van der Waals surface area contributed by atoms with Gasteiger partial charge in [0.1, 0.15) is 22.8 Å². The van der Waals surface area contributed by atoms with Crippen LogP contribution >= 0.6 is 0 Å². The smallest absolute Gasteiger partial charge is 0.410 e. The van der Waals surface area contributed by atoms with Crippen molar-refractivity contribution in [1.82, 2.24) is 9.80 Å². The van der Waals surface area contributed by atoms with E-state index in [-0.39, 0.29) is 29.2 Å². The van der Waals surface area contributed by atoms with Crippen LogP contribution in [0.1, 0.15) is 51.5 Å². The van der Waals surface area contributed by atoms with Crippen molar-refractivity contribution in [3.05, 3.63) is 29.6 Å². The third kappa shape index (κ3) is 4.36. The van der Waals surface area contributed by atoms with E-state index in [0.29, 0.717) is 25.7 Å². The number of hydrogen-bond donors (Lipinski definition) is 1. The maximum absolute atomic E-state index is 13.6. The molecule has 3 aliphatic heterocycles. The van der Waals surface area contributed by atoms with Crippen LogP contribution in [0.4, 0.5) is 9.18 Å². The molecule has 29 heavy (non-hydrogen) atoms. The molecule has 7 heteroatoms. The number of rotatable bonds is 2. The molecule has 3 fully saturated rings. The topological polar surface area (TPSA) is 62.2 Å². The third-order valence-corrected chi connectivity index (χ3v) is 6.27. The molecule has 1 aromatic carbocycles. The van der Waals surface area contributed by atoms with Crippen molar-refractivity contribution in [2.24, 2.45) is 0 Å². The number of carbonyl (C=O) groups is 1. The Kier molecular flexibility index (Phi) is 5.23. The predicted molar refractivity (Wildman–Crippen MR) is 107 cm³/mol. The molecule has 3 saturated heterocycles. The molecule has 160 valence electrons. The monoisotopic (exact) mass is 406 g/mol. The van der Waals surface area contributed by atoms with Gasteiger partial charge in [-0.05, 0) is 82.8 Å². The Morgan fingerprint density at radius 1 is 1.28 bits per heavy atom. The van der Waals surface area contributed by atoms with Crippen molar-refractivity contribution >= 4 is 6.09 Å². The van der Waals surface area contributed by atoms with Gasteiger partial charge in [0.2, 0.25) is 0 Å². The Hall–Kier alpha value is -1.86. The summed E-state index contributed by atoms with van der Waals surface area (Å²) in [5.41, 5.74) is -0.00529. The molecule has 0 aromatic heterocycles. The average Bonchev–Trinajstić information content (AvgIpc) is 3.07. The molecule has 1 spiro atoms. The fourth-order valence-electron chi connectivity index (χ4n) is 4.81. The predicted octanol–water partition coefficient (Wildman–Crippen LogP) is 3.49. The van der Waals surface area contributed by atoms with E-state index in [1.807, 2.05) is 20.8 Å². The summed E-state index contributed by atoms with van der Waals surface area (Å²) in [6, 6.07) is 4.54. The Balaban J connectivity index is 1.27. The van der Waals surface area contributed by atoms with E-state index >= 15 is 0 Å². The highest BCUT2D eigenvalue weighted by molar-refractivity contribution is 5.69. The van der Waals surface area contributed by atoms with E-state index in [2.05, 4.69) is 4.90 Å². The highest BCUT2D eigenvalue weighted by Crippen LogP contribution is 2.40. The number of nitrogens with zero attached hydrogens (tertiary/aromatic N) is 2. The molecule has 0 radical (unpaired) electrons. The van der Waals surface area contributed by atoms with Crippen LogP contribution in [0.5, 0.6) is 5.75 Å². The first-order chi connectivity index (χ1) is 13.6. The molecule has 1 atom stereocenters. The molecule has 0 bridgehead atoms. The molecule has 3 aliphatic rings. The average molecular weight is 406 g/mol. The van der Waals surface area contributed by atoms with Gasteiger partial charge < -0.3 is 19.5 Å². The van der Waals surface area contributed by atoms with Gasteiger partial charge in [0, 0.05) is 6.04 Å². The van der Waals surface area contributed by atoms with Gasteiger partial charge in [0.15, 0.2) is 0 Å². The number of benzene rings is 1. The van der Waals surface area contributed by atoms with Crippen LogP contribution in [0.25, 0.3) is 0 Å². The Bertz CT molecular complexity index is 765. The minimum absolute atomic E-state index is 0.185. The number of halogens is 1. The summed E-state index contributed by atoms with van der Waals surface area (Å²) in [5, 5.41) is 10.1. The lowest BCUT2D eigenvalue weighted by Gasteiger charge is -2.47. The summed E-state index contributed by atoms with van der Waals surface area (Å²) in [6.07, 6.45) is 2.43. The maximum atomic E-state index is 13.6. The summed E-state index contributed by atoms with van der Waals surface area (Å²) in [4.78, 5) is 16.3. The van der Waals surface area contributed by atoms with E-state index < -0.39 is 5.60 Å². The number of aromatic hydroxyl groups is 1. The van der Waals surface area contributed by atoms with Crippen molar-refractivity contribution in [2.45, 2.75) is 63.2 Å². The first-order valence-corrected chi connectivity index (χ1v) is 10.5. The van der Waals surface area contributed by atoms with Gasteiger partial charge in [-0.2, -0.15) is 0 Å². The molecular formula is C22H31FN2O4. The summed E-state index contributed by atoms with van der Waals surface area (Å²) in [7, 11) is 0. The molecular weight excluding hydrogens is 375 g/mol. The minimum atomic E-state index is -0.487. The molecule has 1 amide bonds. The van der Waals surface area contributed by atoms with Crippen LogP contribution in [0, 0.1) is 5.82 Å². The van der Waals surface area contributed by atoms with Crippen LogP contribution in [0.15, 0.2) is 18.2 Å². The van der Waals surface area contributed by atoms with Gasteiger partial charge >= 0.3 is 6.09 Å². The van der Waals surface area contributed by atoms with E-state index in [0.717, 1.165) is 37.9 Å². The van der Waals surface area contributed by atoms with Crippen LogP contribution in [-0.2, 0) is 9.47 Å². The Morgan fingerprint density at radius 3 is 2.62 bits per heavy atom. The van der Waals surface area contributed by atoms with Gasteiger partial charge in [-0.25, -0.2) is 9.18 Å². The van der Waals surface area contributed by atoms with Crippen LogP contribution < -0.4 is 0 Å². The SMILES string of the molecule is CC(C)(C)OC(=O)N1CC2(CC(N3CCC(c4cc(F)ccc4O)CC3)CO2)C1. The zero-order valence-electron chi connectivity index (χ0n) is 17.5. The second-order valence-corrected chi connectivity index (χ2v) is 9.70. The van der Waals surface area contributed by atoms with Gasteiger partial charge in [0.25, 0.3) is 0 Å². The lowest BCUT2D eigenvalue weighted by molar-refractivity contribution is -0.109.